The van der Waals surface area contributed by atoms with Gasteiger partial charge in [-0.15, -0.1) is 0 Å². The first-order valence-electron chi connectivity index (χ1n) is 5.92. The van der Waals surface area contributed by atoms with Crippen LogP contribution in [0.25, 0.3) is 0 Å². The van der Waals surface area contributed by atoms with Crippen molar-refractivity contribution in [1.82, 2.24) is 20.4 Å². The summed E-state index contributed by atoms with van der Waals surface area (Å²) in [4.78, 5) is 20.1. The third-order valence-corrected chi connectivity index (χ3v) is 2.32. The Morgan fingerprint density at radius 1 is 1.55 bits per heavy atom. The molecule has 20 heavy (non-hydrogen) atoms. The van der Waals surface area contributed by atoms with Crippen molar-refractivity contribution in [1.29, 1.82) is 0 Å². The van der Waals surface area contributed by atoms with Crippen LogP contribution in [0, 0.1) is 18.8 Å². The van der Waals surface area contributed by atoms with Gasteiger partial charge in [-0.1, -0.05) is 17.0 Å². The lowest BCUT2D eigenvalue weighted by Gasteiger charge is -2.03. The van der Waals surface area contributed by atoms with Crippen LogP contribution in [-0.4, -0.2) is 27.6 Å². The Balaban J connectivity index is 2.09. The lowest BCUT2D eigenvalue weighted by Crippen LogP contribution is -2.25. The second-order valence-corrected chi connectivity index (χ2v) is 3.82. The van der Waals surface area contributed by atoms with E-state index in [4.69, 9.17) is 10.3 Å². The van der Waals surface area contributed by atoms with Crippen molar-refractivity contribution in [3.63, 3.8) is 0 Å². The van der Waals surface area contributed by atoms with Crippen molar-refractivity contribution < 1.29 is 9.32 Å². The number of carbonyl (C=O) groups is 1. The maximum absolute atomic E-state index is 12.0. The van der Waals surface area contributed by atoms with Gasteiger partial charge < -0.3 is 15.6 Å². The van der Waals surface area contributed by atoms with Crippen molar-refractivity contribution in [3.8, 4) is 11.8 Å². The van der Waals surface area contributed by atoms with Crippen molar-refractivity contribution in [2.24, 2.45) is 5.73 Å². The van der Waals surface area contributed by atoms with Crippen LogP contribution in [0.2, 0.25) is 0 Å². The van der Waals surface area contributed by atoms with Gasteiger partial charge in [-0.2, -0.15) is 4.98 Å². The van der Waals surface area contributed by atoms with Crippen LogP contribution in [0.3, 0.4) is 0 Å². The van der Waals surface area contributed by atoms with E-state index in [0.29, 0.717) is 17.3 Å². The fraction of sp³-hybridized carbons (Fsp3) is 0.231. The third kappa shape index (κ3) is 3.40. The molecule has 0 atom stereocenters. The molecular formula is C13H13N5O2. The second kappa shape index (κ2) is 6.45. The monoisotopic (exact) mass is 271 g/mol. The van der Waals surface area contributed by atoms with Crippen LogP contribution in [0.1, 0.15) is 27.8 Å². The van der Waals surface area contributed by atoms with Gasteiger partial charge >= 0.3 is 0 Å². The topological polar surface area (TPSA) is 107 Å². The van der Waals surface area contributed by atoms with Gasteiger partial charge in [0.1, 0.15) is 5.69 Å². The summed E-state index contributed by atoms with van der Waals surface area (Å²) < 4.78 is 4.82. The minimum Gasteiger partial charge on any atom is -0.343 e. The molecule has 0 saturated heterocycles. The molecule has 102 valence electrons. The fourth-order valence-corrected chi connectivity index (χ4v) is 1.49. The molecule has 2 aromatic heterocycles. The molecule has 0 saturated carbocycles. The lowest BCUT2D eigenvalue weighted by molar-refractivity contribution is 0.0944. The van der Waals surface area contributed by atoms with Crippen LogP contribution in [0.4, 0.5) is 0 Å². The van der Waals surface area contributed by atoms with E-state index >= 15 is 0 Å². The standard InChI is InChI=1S/C13H13N5O2/c1-9-17-11(18-20-9)8-16-13(19)12-10(4-2-6-14)5-3-7-15-12/h3,5,7H,6,8,14H2,1H3,(H,16,19). The molecule has 0 aromatic carbocycles. The molecule has 2 aromatic rings. The molecule has 0 unspecified atom stereocenters. The Hall–Kier alpha value is -2.72. The fourth-order valence-electron chi connectivity index (χ4n) is 1.49. The van der Waals surface area contributed by atoms with E-state index in [0.717, 1.165) is 0 Å². The zero-order valence-corrected chi connectivity index (χ0v) is 10.9. The van der Waals surface area contributed by atoms with E-state index in [1.807, 2.05) is 0 Å². The Bertz CT molecular complexity index is 669. The van der Waals surface area contributed by atoms with E-state index in [2.05, 4.69) is 32.3 Å². The molecule has 0 aliphatic carbocycles. The summed E-state index contributed by atoms with van der Waals surface area (Å²) >= 11 is 0. The number of carbonyl (C=O) groups excluding carboxylic acids is 1. The van der Waals surface area contributed by atoms with E-state index in [1.165, 1.54) is 6.20 Å². The number of aromatic nitrogens is 3. The average molecular weight is 271 g/mol. The van der Waals surface area contributed by atoms with Gasteiger partial charge in [0, 0.05) is 13.1 Å². The van der Waals surface area contributed by atoms with Crippen LogP contribution in [0.15, 0.2) is 22.9 Å². The molecule has 7 heteroatoms. The normalized spacial score (nSPS) is 9.70. The molecule has 0 spiro atoms. The minimum absolute atomic E-state index is 0.163. The van der Waals surface area contributed by atoms with Gasteiger partial charge in [-0.3, -0.25) is 4.79 Å². The van der Waals surface area contributed by atoms with Crippen LogP contribution < -0.4 is 11.1 Å². The zero-order chi connectivity index (χ0) is 14.4. The average Bonchev–Trinajstić information content (AvgIpc) is 2.88. The predicted octanol–water partition coefficient (Wildman–Crippen LogP) is 0.0132. The van der Waals surface area contributed by atoms with Gasteiger partial charge in [0.2, 0.25) is 5.89 Å². The predicted molar refractivity (Wildman–Crippen MR) is 70.4 cm³/mol. The first kappa shape index (κ1) is 13.7. The number of hydrogen-bond donors (Lipinski definition) is 2. The third-order valence-electron chi connectivity index (χ3n) is 2.32. The van der Waals surface area contributed by atoms with E-state index in [1.54, 1.807) is 19.1 Å². The first-order chi connectivity index (χ1) is 9.70. The number of aryl methyl sites for hydroxylation is 1. The minimum atomic E-state index is -0.352. The smallest absolute Gasteiger partial charge is 0.271 e. The van der Waals surface area contributed by atoms with Gasteiger partial charge in [0.25, 0.3) is 5.91 Å². The molecule has 1 amide bonds. The van der Waals surface area contributed by atoms with Gasteiger partial charge in [0.05, 0.1) is 18.7 Å². The SMILES string of the molecule is Cc1nc(CNC(=O)c2ncccc2C#CCN)no1. The quantitative estimate of drug-likeness (QED) is 0.762. The maximum atomic E-state index is 12.0. The molecule has 7 nitrogen and oxygen atoms in total. The highest BCUT2D eigenvalue weighted by molar-refractivity contribution is 5.94. The number of nitrogens with two attached hydrogens (primary N) is 1. The summed E-state index contributed by atoms with van der Waals surface area (Å²) in [6.45, 7) is 2.06. The molecular weight excluding hydrogens is 258 g/mol. The Morgan fingerprint density at radius 2 is 2.40 bits per heavy atom. The van der Waals surface area contributed by atoms with Gasteiger partial charge in [-0.25, -0.2) is 4.98 Å². The van der Waals surface area contributed by atoms with E-state index in [9.17, 15) is 4.79 Å². The van der Waals surface area contributed by atoms with Crippen LogP contribution >= 0.6 is 0 Å². The molecule has 0 aliphatic heterocycles. The summed E-state index contributed by atoms with van der Waals surface area (Å²) in [5.74, 6) is 6.00. The van der Waals surface area contributed by atoms with Crippen LogP contribution in [-0.2, 0) is 6.54 Å². The van der Waals surface area contributed by atoms with Gasteiger partial charge in [0.15, 0.2) is 5.82 Å². The summed E-state index contributed by atoms with van der Waals surface area (Å²) in [5.41, 5.74) is 6.09. The number of pyridine rings is 1. The Kier molecular flexibility index (Phi) is 4.42. The van der Waals surface area contributed by atoms with Crippen molar-refractivity contribution >= 4 is 5.91 Å². The highest BCUT2D eigenvalue weighted by Gasteiger charge is 2.12. The van der Waals surface area contributed by atoms with Crippen molar-refractivity contribution in [2.75, 3.05) is 6.54 Å². The highest BCUT2D eigenvalue weighted by Crippen LogP contribution is 2.04. The maximum Gasteiger partial charge on any atom is 0.271 e. The molecule has 0 aliphatic rings. The number of amides is 1. The van der Waals surface area contributed by atoms with Crippen LogP contribution in [0.5, 0.6) is 0 Å². The largest absolute Gasteiger partial charge is 0.343 e. The van der Waals surface area contributed by atoms with Crippen molar-refractivity contribution in [2.45, 2.75) is 13.5 Å². The van der Waals surface area contributed by atoms with E-state index in [-0.39, 0.29) is 24.7 Å². The molecule has 2 rings (SSSR count). The first-order valence-corrected chi connectivity index (χ1v) is 5.92. The number of nitrogens with zero attached hydrogens (tertiary/aromatic N) is 3. The molecule has 0 fully saturated rings. The Morgan fingerprint density at radius 3 is 3.10 bits per heavy atom. The Labute approximate surface area is 115 Å². The van der Waals surface area contributed by atoms with Gasteiger partial charge in [-0.05, 0) is 12.1 Å². The summed E-state index contributed by atoms with van der Waals surface area (Å²) in [7, 11) is 0. The summed E-state index contributed by atoms with van der Waals surface area (Å²) in [5, 5.41) is 6.35. The van der Waals surface area contributed by atoms with E-state index < -0.39 is 0 Å². The molecule has 2 heterocycles. The molecule has 0 radical (unpaired) electrons. The summed E-state index contributed by atoms with van der Waals surface area (Å²) in [6, 6.07) is 3.42. The lowest BCUT2D eigenvalue weighted by atomic mass is 10.2. The number of rotatable bonds is 3. The zero-order valence-electron chi connectivity index (χ0n) is 10.9. The second-order valence-electron chi connectivity index (χ2n) is 3.82. The highest BCUT2D eigenvalue weighted by atomic mass is 16.5. The summed E-state index contributed by atoms with van der Waals surface area (Å²) in [6.07, 6.45) is 1.53. The number of nitrogens with one attached hydrogen (secondary N) is 1. The van der Waals surface area contributed by atoms with Crippen molar-refractivity contribution in [3.05, 3.63) is 41.3 Å². The molecule has 3 N–H and O–H groups in total. The number of hydrogen-bond acceptors (Lipinski definition) is 6. The molecule has 0 bridgehead atoms.